The summed E-state index contributed by atoms with van der Waals surface area (Å²) in [5.74, 6) is 0.136. The van der Waals surface area contributed by atoms with Crippen molar-refractivity contribution in [3.05, 3.63) is 22.6 Å². The Morgan fingerprint density at radius 1 is 1.53 bits per heavy atom. The van der Waals surface area contributed by atoms with E-state index in [1.54, 1.807) is 0 Å². The molecule has 0 aliphatic carbocycles. The number of aromatic amines is 1. The molecule has 0 aliphatic heterocycles. The van der Waals surface area contributed by atoms with Crippen LogP contribution in [0, 0.1) is 0 Å². The molecule has 0 saturated carbocycles. The molecule has 1 aromatic rings. The molecule has 0 radical (unpaired) electrons. The van der Waals surface area contributed by atoms with Gasteiger partial charge in [0.2, 0.25) is 0 Å². The first kappa shape index (κ1) is 11.7. The Labute approximate surface area is 87.6 Å². The zero-order valence-electron chi connectivity index (χ0n) is 8.36. The first-order valence-electron chi connectivity index (χ1n) is 4.44. The second kappa shape index (κ2) is 4.92. The van der Waals surface area contributed by atoms with Gasteiger partial charge in [-0.25, -0.2) is 13.5 Å². The summed E-state index contributed by atoms with van der Waals surface area (Å²) in [7, 11) is -2.91. The molecule has 1 rings (SSSR count). The Hall–Kier alpha value is -1.37. The molecule has 0 aliphatic rings. The number of nitrogens with zero attached hydrogens (tertiary/aromatic N) is 1. The molecule has 1 heterocycles. The lowest BCUT2D eigenvalue weighted by atomic mass is 10.4. The Morgan fingerprint density at radius 2 is 2.27 bits per heavy atom. The van der Waals surface area contributed by atoms with Crippen molar-refractivity contribution >= 4 is 15.5 Å². The lowest BCUT2D eigenvalue weighted by Crippen LogP contribution is -2.12. The van der Waals surface area contributed by atoms with E-state index in [2.05, 4.69) is 15.5 Å². The van der Waals surface area contributed by atoms with Crippen molar-refractivity contribution in [3.8, 4) is 0 Å². The van der Waals surface area contributed by atoms with Crippen LogP contribution in [0.1, 0.15) is 6.42 Å². The molecule has 0 atom stereocenters. The van der Waals surface area contributed by atoms with E-state index in [4.69, 9.17) is 0 Å². The molecule has 15 heavy (non-hydrogen) atoms. The van der Waals surface area contributed by atoms with E-state index >= 15 is 0 Å². The SMILES string of the molecule is CS(=O)(=O)CCCNc1cn[nH]c(=O)c1. The van der Waals surface area contributed by atoms with Crippen molar-refractivity contribution in [2.75, 3.05) is 23.9 Å². The molecule has 7 heteroatoms. The minimum Gasteiger partial charge on any atom is -0.384 e. The first-order chi connectivity index (χ1) is 6.97. The van der Waals surface area contributed by atoms with E-state index in [9.17, 15) is 13.2 Å². The highest BCUT2D eigenvalue weighted by molar-refractivity contribution is 7.90. The van der Waals surface area contributed by atoms with Gasteiger partial charge in [-0.3, -0.25) is 4.79 Å². The van der Waals surface area contributed by atoms with Crippen LogP contribution in [-0.4, -0.2) is 37.2 Å². The monoisotopic (exact) mass is 231 g/mol. The average Bonchev–Trinajstić information content (AvgIpc) is 2.11. The van der Waals surface area contributed by atoms with Gasteiger partial charge in [-0.05, 0) is 6.42 Å². The van der Waals surface area contributed by atoms with Gasteiger partial charge in [-0.2, -0.15) is 5.10 Å². The number of aromatic nitrogens is 2. The maximum atomic E-state index is 10.8. The minimum absolute atomic E-state index is 0.136. The molecule has 0 bridgehead atoms. The summed E-state index contributed by atoms with van der Waals surface area (Å²) in [5, 5.41) is 8.75. The van der Waals surface area contributed by atoms with E-state index in [1.807, 2.05) is 0 Å². The predicted molar refractivity (Wildman–Crippen MR) is 57.7 cm³/mol. The summed E-state index contributed by atoms with van der Waals surface area (Å²) in [6.45, 7) is 0.498. The summed E-state index contributed by atoms with van der Waals surface area (Å²) >= 11 is 0. The molecule has 0 unspecified atom stereocenters. The van der Waals surface area contributed by atoms with Crippen LogP contribution < -0.4 is 10.9 Å². The average molecular weight is 231 g/mol. The number of anilines is 1. The van der Waals surface area contributed by atoms with Gasteiger partial charge in [-0.1, -0.05) is 0 Å². The van der Waals surface area contributed by atoms with E-state index in [0.717, 1.165) is 0 Å². The minimum atomic E-state index is -2.91. The highest BCUT2D eigenvalue weighted by atomic mass is 32.2. The van der Waals surface area contributed by atoms with Crippen molar-refractivity contribution in [1.82, 2.24) is 10.2 Å². The van der Waals surface area contributed by atoms with Gasteiger partial charge in [0.1, 0.15) is 9.84 Å². The quantitative estimate of drug-likeness (QED) is 0.674. The van der Waals surface area contributed by atoms with Crippen LogP contribution in [0.4, 0.5) is 5.69 Å². The van der Waals surface area contributed by atoms with Gasteiger partial charge >= 0.3 is 0 Å². The van der Waals surface area contributed by atoms with Crippen molar-refractivity contribution in [2.45, 2.75) is 6.42 Å². The second-order valence-corrected chi connectivity index (χ2v) is 5.50. The summed E-state index contributed by atoms with van der Waals surface area (Å²) in [6.07, 6.45) is 3.18. The molecular weight excluding hydrogens is 218 g/mol. The molecule has 0 amide bonds. The van der Waals surface area contributed by atoms with Crippen molar-refractivity contribution in [3.63, 3.8) is 0 Å². The highest BCUT2D eigenvalue weighted by Gasteiger charge is 2.01. The van der Waals surface area contributed by atoms with Gasteiger partial charge < -0.3 is 5.32 Å². The number of hydrogen-bond donors (Lipinski definition) is 2. The number of rotatable bonds is 5. The number of hydrogen-bond acceptors (Lipinski definition) is 5. The van der Waals surface area contributed by atoms with Crippen molar-refractivity contribution < 1.29 is 8.42 Å². The lowest BCUT2D eigenvalue weighted by molar-refractivity contribution is 0.600. The van der Waals surface area contributed by atoms with E-state index in [0.29, 0.717) is 18.7 Å². The standard InChI is InChI=1S/C8H13N3O3S/c1-15(13,14)4-2-3-9-7-5-8(12)11-10-6-7/h5-6H,2-4H2,1H3,(H2,9,11,12). The van der Waals surface area contributed by atoms with Gasteiger partial charge in [0.15, 0.2) is 0 Å². The molecule has 0 saturated heterocycles. The van der Waals surface area contributed by atoms with Crippen LogP contribution in [0.25, 0.3) is 0 Å². The topological polar surface area (TPSA) is 91.9 Å². The first-order valence-corrected chi connectivity index (χ1v) is 6.50. The fraction of sp³-hybridized carbons (Fsp3) is 0.500. The Bertz CT molecular complexity index is 466. The Morgan fingerprint density at radius 3 is 2.87 bits per heavy atom. The number of H-pyrrole nitrogens is 1. The molecule has 0 spiro atoms. The molecule has 84 valence electrons. The maximum Gasteiger partial charge on any atom is 0.266 e. The highest BCUT2D eigenvalue weighted by Crippen LogP contribution is 1.98. The van der Waals surface area contributed by atoms with Crippen LogP contribution in [0.15, 0.2) is 17.1 Å². The molecule has 2 N–H and O–H groups in total. The Kier molecular flexibility index (Phi) is 3.84. The third-order valence-electron chi connectivity index (χ3n) is 1.69. The van der Waals surface area contributed by atoms with Crippen LogP contribution in [-0.2, 0) is 9.84 Å². The summed E-state index contributed by atoms with van der Waals surface area (Å²) in [6, 6.07) is 1.37. The van der Waals surface area contributed by atoms with Crippen molar-refractivity contribution in [1.29, 1.82) is 0 Å². The van der Waals surface area contributed by atoms with Crippen LogP contribution in [0.2, 0.25) is 0 Å². The van der Waals surface area contributed by atoms with Gasteiger partial charge in [0.05, 0.1) is 17.6 Å². The van der Waals surface area contributed by atoms with E-state index < -0.39 is 9.84 Å². The fourth-order valence-corrected chi connectivity index (χ4v) is 1.71. The zero-order valence-corrected chi connectivity index (χ0v) is 9.17. The lowest BCUT2D eigenvalue weighted by Gasteiger charge is -2.03. The third kappa shape index (κ3) is 5.16. The van der Waals surface area contributed by atoms with Crippen LogP contribution in [0.5, 0.6) is 0 Å². The summed E-state index contributed by atoms with van der Waals surface area (Å²) in [4.78, 5) is 10.8. The molecule has 6 nitrogen and oxygen atoms in total. The maximum absolute atomic E-state index is 10.8. The molecular formula is C8H13N3O3S. The van der Waals surface area contributed by atoms with Gasteiger partial charge in [0, 0.05) is 18.9 Å². The van der Waals surface area contributed by atoms with Crippen LogP contribution in [0.3, 0.4) is 0 Å². The molecule has 1 aromatic heterocycles. The fourth-order valence-electron chi connectivity index (χ4n) is 1.04. The summed E-state index contributed by atoms with van der Waals surface area (Å²) in [5.41, 5.74) is 0.301. The van der Waals surface area contributed by atoms with Gasteiger partial charge in [-0.15, -0.1) is 0 Å². The smallest absolute Gasteiger partial charge is 0.266 e. The summed E-state index contributed by atoms with van der Waals surface area (Å²) < 4.78 is 21.6. The van der Waals surface area contributed by atoms with E-state index in [-0.39, 0.29) is 11.3 Å². The third-order valence-corrected chi connectivity index (χ3v) is 2.72. The number of nitrogens with one attached hydrogen (secondary N) is 2. The largest absolute Gasteiger partial charge is 0.384 e. The number of sulfone groups is 1. The Balaban J connectivity index is 2.36. The zero-order chi connectivity index (χ0) is 11.3. The predicted octanol–water partition coefficient (Wildman–Crippen LogP) is -0.384. The second-order valence-electron chi connectivity index (χ2n) is 3.24. The normalized spacial score (nSPS) is 11.3. The van der Waals surface area contributed by atoms with Gasteiger partial charge in [0.25, 0.3) is 5.56 Å². The molecule has 0 aromatic carbocycles. The van der Waals surface area contributed by atoms with Crippen LogP contribution >= 0.6 is 0 Å². The van der Waals surface area contributed by atoms with Crippen molar-refractivity contribution in [2.24, 2.45) is 0 Å². The molecule has 0 fully saturated rings. The van der Waals surface area contributed by atoms with E-state index in [1.165, 1.54) is 18.5 Å².